The van der Waals surface area contributed by atoms with Crippen molar-refractivity contribution in [3.05, 3.63) is 68.9 Å². The number of carboxylic acids is 1. The number of aromatic amines is 1. The molecule has 0 saturated heterocycles. The molecule has 2 aromatic carbocycles. The molecule has 0 fully saturated rings. The number of H-pyrrole nitrogens is 1. The lowest BCUT2D eigenvalue weighted by Crippen LogP contribution is -2.12. The SMILES string of the molecule is Cc1c(C(=O)O)cc2[nH]c(CC(C)C)c(C(=O)C(C)C)c2c1Cc1ccccc1Cl. The van der Waals surface area contributed by atoms with Gasteiger partial charge in [0, 0.05) is 33.1 Å². The van der Waals surface area contributed by atoms with E-state index in [0.29, 0.717) is 34.0 Å². The number of carboxylic acid groups (broad SMARTS) is 1. The fourth-order valence-corrected chi connectivity index (χ4v) is 4.20. The Morgan fingerprint density at radius 3 is 2.37 bits per heavy atom. The van der Waals surface area contributed by atoms with Gasteiger partial charge >= 0.3 is 5.97 Å². The van der Waals surface area contributed by atoms with E-state index in [1.807, 2.05) is 45.0 Å². The monoisotopic (exact) mass is 425 g/mol. The summed E-state index contributed by atoms with van der Waals surface area (Å²) in [5, 5.41) is 11.2. The van der Waals surface area contributed by atoms with Crippen LogP contribution in [0.1, 0.15) is 70.8 Å². The van der Waals surface area contributed by atoms with Gasteiger partial charge in [-0.15, -0.1) is 0 Å². The number of nitrogens with one attached hydrogen (secondary N) is 1. The Morgan fingerprint density at radius 2 is 1.80 bits per heavy atom. The van der Waals surface area contributed by atoms with Crippen molar-refractivity contribution in [1.82, 2.24) is 4.98 Å². The summed E-state index contributed by atoms with van der Waals surface area (Å²) in [4.78, 5) is 28.6. The highest BCUT2D eigenvalue weighted by molar-refractivity contribution is 6.31. The number of aromatic nitrogens is 1. The molecule has 2 N–H and O–H groups in total. The van der Waals surface area contributed by atoms with Gasteiger partial charge in [0.15, 0.2) is 5.78 Å². The van der Waals surface area contributed by atoms with Gasteiger partial charge in [0.05, 0.1) is 5.56 Å². The van der Waals surface area contributed by atoms with Crippen LogP contribution in [0.2, 0.25) is 5.02 Å². The molecule has 0 saturated carbocycles. The third kappa shape index (κ3) is 4.15. The second kappa shape index (κ2) is 8.65. The van der Waals surface area contributed by atoms with Gasteiger partial charge in [-0.05, 0) is 54.5 Å². The number of carbonyl (C=O) groups excluding carboxylic acids is 1. The molecule has 0 aliphatic rings. The predicted molar refractivity (Wildman–Crippen MR) is 122 cm³/mol. The minimum absolute atomic E-state index is 0.0692. The summed E-state index contributed by atoms with van der Waals surface area (Å²) in [6.45, 7) is 9.81. The average Bonchev–Trinajstić information content (AvgIpc) is 3.01. The maximum absolute atomic E-state index is 13.3. The minimum atomic E-state index is -0.980. The zero-order valence-electron chi connectivity index (χ0n) is 18.1. The Balaban J connectivity index is 2.39. The number of benzene rings is 2. The summed E-state index contributed by atoms with van der Waals surface area (Å²) < 4.78 is 0. The lowest BCUT2D eigenvalue weighted by Gasteiger charge is -2.15. The summed E-state index contributed by atoms with van der Waals surface area (Å²) in [6.07, 6.45) is 1.18. The first-order chi connectivity index (χ1) is 14.1. The van der Waals surface area contributed by atoms with E-state index in [4.69, 9.17) is 11.6 Å². The van der Waals surface area contributed by atoms with Crippen LogP contribution in [0.3, 0.4) is 0 Å². The largest absolute Gasteiger partial charge is 0.478 e. The molecule has 0 aliphatic carbocycles. The van der Waals surface area contributed by atoms with E-state index >= 15 is 0 Å². The van der Waals surface area contributed by atoms with E-state index in [9.17, 15) is 14.7 Å². The quantitative estimate of drug-likeness (QED) is 0.427. The van der Waals surface area contributed by atoms with E-state index in [0.717, 1.165) is 28.6 Å². The van der Waals surface area contributed by atoms with Crippen LogP contribution in [0.4, 0.5) is 0 Å². The van der Waals surface area contributed by atoms with Crippen LogP contribution < -0.4 is 0 Å². The van der Waals surface area contributed by atoms with E-state index in [-0.39, 0.29) is 17.3 Å². The highest BCUT2D eigenvalue weighted by Gasteiger charge is 2.26. The zero-order valence-corrected chi connectivity index (χ0v) is 18.9. The van der Waals surface area contributed by atoms with Crippen LogP contribution in [0.25, 0.3) is 10.9 Å². The van der Waals surface area contributed by atoms with Gasteiger partial charge in [0.1, 0.15) is 0 Å². The van der Waals surface area contributed by atoms with E-state index in [1.165, 1.54) is 0 Å². The summed E-state index contributed by atoms with van der Waals surface area (Å²) in [5.74, 6) is -0.724. The highest BCUT2D eigenvalue weighted by atomic mass is 35.5. The number of rotatable bonds is 7. The van der Waals surface area contributed by atoms with Gasteiger partial charge in [-0.25, -0.2) is 4.79 Å². The van der Waals surface area contributed by atoms with Gasteiger partial charge in [0.2, 0.25) is 0 Å². The molecule has 0 unspecified atom stereocenters. The first-order valence-corrected chi connectivity index (χ1v) is 10.7. The molecule has 3 aromatic rings. The van der Waals surface area contributed by atoms with Crippen molar-refractivity contribution < 1.29 is 14.7 Å². The first kappa shape index (κ1) is 22.1. The third-order valence-corrected chi connectivity index (χ3v) is 5.86. The molecular formula is C25H28ClNO3. The standard InChI is InChI=1S/C25H28ClNO3/c1-13(2)10-20-23(24(28)14(3)4)22-17(11-16-8-6-7-9-19(16)26)15(5)18(25(29)30)12-21(22)27-20/h6-9,12-14,27H,10-11H2,1-5H3,(H,29,30). The normalized spacial score (nSPS) is 11.6. The van der Waals surface area contributed by atoms with Gasteiger partial charge in [-0.1, -0.05) is 57.5 Å². The molecule has 3 rings (SSSR count). The van der Waals surface area contributed by atoms with E-state index < -0.39 is 5.97 Å². The van der Waals surface area contributed by atoms with Crippen molar-refractivity contribution in [2.45, 2.75) is 47.5 Å². The molecule has 0 spiro atoms. The van der Waals surface area contributed by atoms with Crippen LogP contribution in [-0.2, 0) is 12.8 Å². The Bertz CT molecular complexity index is 1130. The molecule has 158 valence electrons. The number of fused-ring (bicyclic) bond motifs is 1. The number of hydrogen-bond acceptors (Lipinski definition) is 2. The van der Waals surface area contributed by atoms with Crippen molar-refractivity contribution in [3.8, 4) is 0 Å². The van der Waals surface area contributed by atoms with E-state index in [2.05, 4.69) is 18.8 Å². The summed E-state index contributed by atoms with van der Waals surface area (Å²) in [7, 11) is 0. The maximum atomic E-state index is 13.3. The van der Waals surface area contributed by atoms with Gasteiger partial charge in [-0.3, -0.25) is 4.79 Å². The van der Waals surface area contributed by atoms with Crippen LogP contribution in [-0.4, -0.2) is 21.8 Å². The lowest BCUT2D eigenvalue weighted by atomic mass is 9.88. The van der Waals surface area contributed by atoms with E-state index in [1.54, 1.807) is 6.07 Å². The smallest absolute Gasteiger partial charge is 0.336 e. The number of aromatic carboxylic acids is 1. The minimum Gasteiger partial charge on any atom is -0.478 e. The van der Waals surface area contributed by atoms with Gasteiger partial charge < -0.3 is 10.1 Å². The van der Waals surface area contributed by atoms with Gasteiger partial charge in [-0.2, -0.15) is 0 Å². The van der Waals surface area contributed by atoms with Gasteiger partial charge in [0.25, 0.3) is 0 Å². The zero-order chi connectivity index (χ0) is 22.2. The van der Waals surface area contributed by atoms with Crippen LogP contribution in [0, 0.1) is 18.8 Å². The van der Waals surface area contributed by atoms with Crippen LogP contribution in [0.5, 0.6) is 0 Å². The average molecular weight is 426 g/mol. The maximum Gasteiger partial charge on any atom is 0.336 e. The number of Topliss-reactive ketones (excluding diaryl/α,β-unsaturated/α-hetero) is 1. The third-order valence-electron chi connectivity index (χ3n) is 5.49. The Hall–Kier alpha value is -2.59. The van der Waals surface area contributed by atoms with Crippen LogP contribution in [0.15, 0.2) is 30.3 Å². The van der Waals surface area contributed by atoms with Crippen molar-refractivity contribution in [3.63, 3.8) is 0 Å². The molecule has 0 amide bonds. The fourth-order valence-electron chi connectivity index (χ4n) is 3.99. The summed E-state index contributed by atoms with van der Waals surface area (Å²) in [5.41, 5.74) is 4.92. The number of halogens is 1. The van der Waals surface area contributed by atoms with Crippen molar-refractivity contribution in [1.29, 1.82) is 0 Å². The molecule has 1 heterocycles. The first-order valence-electron chi connectivity index (χ1n) is 10.3. The second-order valence-electron chi connectivity index (χ2n) is 8.62. The Labute approximate surface area is 182 Å². The topological polar surface area (TPSA) is 70.2 Å². The molecule has 0 aliphatic heterocycles. The molecule has 5 heteroatoms. The molecule has 0 atom stereocenters. The summed E-state index contributed by atoms with van der Waals surface area (Å²) >= 11 is 6.42. The lowest BCUT2D eigenvalue weighted by molar-refractivity contribution is 0.0696. The molecular weight excluding hydrogens is 398 g/mol. The fraction of sp³-hybridized carbons (Fsp3) is 0.360. The number of hydrogen-bond donors (Lipinski definition) is 2. The molecule has 1 aromatic heterocycles. The Morgan fingerprint density at radius 1 is 1.13 bits per heavy atom. The molecule has 4 nitrogen and oxygen atoms in total. The van der Waals surface area contributed by atoms with Crippen molar-refractivity contribution in [2.75, 3.05) is 0 Å². The molecule has 30 heavy (non-hydrogen) atoms. The second-order valence-corrected chi connectivity index (χ2v) is 9.03. The Kier molecular flexibility index (Phi) is 6.37. The van der Waals surface area contributed by atoms with Crippen molar-refractivity contribution >= 4 is 34.3 Å². The number of ketones is 1. The summed E-state index contributed by atoms with van der Waals surface area (Å²) in [6, 6.07) is 9.20. The molecule has 0 radical (unpaired) electrons. The predicted octanol–water partition coefficient (Wildman–Crippen LogP) is 6.46. The highest BCUT2D eigenvalue weighted by Crippen LogP contribution is 2.35. The molecule has 0 bridgehead atoms. The number of carbonyl (C=O) groups is 2. The van der Waals surface area contributed by atoms with Crippen LogP contribution >= 0.6 is 11.6 Å². The van der Waals surface area contributed by atoms with Crippen molar-refractivity contribution in [2.24, 2.45) is 11.8 Å².